The number of hydrogen-bond acceptors (Lipinski definition) is 8. The Balaban J connectivity index is 0.000000582. The van der Waals surface area contributed by atoms with E-state index in [1.54, 1.807) is 48.4 Å². The summed E-state index contributed by atoms with van der Waals surface area (Å²) in [6.07, 6.45) is -3.40. The number of fused-ring (bicyclic) bond motifs is 2. The van der Waals surface area contributed by atoms with Crippen molar-refractivity contribution in [2.45, 2.75) is 39.0 Å². The summed E-state index contributed by atoms with van der Waals surface area (Å²) in [7, 11) is 0. The van der Waals surface area contributed by atoms with E-state index in [9.17, 15) is 35.9 Å². The van der Waals surface area contributed by atoms with Crippen molar-refractivity contribution in [1.82, 2.24) is 29.6 Å². The smallest absolute Gasteiger partial charge is 0.485 e. The number of aliphatic carboxylic acids is 1. The predicted octanol–water partition coefficient (Wildman–Crippen LogP) is 4.00. The van der Waals surface area contributed by atoms with Crippen LogP contribution in [0.1, 0.15) is 41.2 Å². The third-order valence-electron chi connectivity index (χ3n) is 7.69. The lowest BCUT2D eigenvalue weighted by Crippen LogP contribution is -2.47. The number of carboxylic acids is 1. The van der Waals surface area contributed by atoms with Crippen LogP contribution in [0, 0.1) is 24.4 Å². The van der Waals surface area contributed by atoms with Crippen LogP contribution >= 0.6 is 0 Å². The van der Waals surface area contributed by atoms with Crippen LogP contribution < -0.4 is 15.4 Å². The minimum Gasteiger partial charge on any atom is -0.485 e. The molecule has 0 aliphatic carbocycles. The fourth-order valence-electron chi connectivity index (χ4n) is 5.19. The molecule has 1 fully saturated rings. The lowest BCUT2D eigenvalue weighted by Gasteiger charge is -2.28. The number of hydrogen-bond donors (Lipinski definition) is 3. The van der Waals surface area contributed by atoms with Crippen molar-refractivity contribution >= 4 is 29.2 Å². The van der Waals surface area contributed by atoms with Crippen molar-refractivity contribution in [1.29, 1.82) is 0 Å². The molecule has 5 heterocycles. The number of aromatic nitrogens is 4. The minimum absolute atomic E-state index is 0.133. The molecule has 48 heavy (non-hydrogen) atoms. The molecule has 12 nitrogen and oxygen atoms in total. The Morgan fingerprint density at radius 3 is 2.33 bits per heavy atom. The van der Waals surface area contributed by atoms with Crippen LogP contribution in [0.4, 0.5) is 32.2 Å². The van der Waals surface area contributed by atoms with E-state index in [0.29, 0.717) is 54.8 Å². The fraction of sp³-hybridized carbons (Fsp3) is 0.333. The zero-order valence-corrected chi connectivity index (χ0v) is 25.5. The number of carboxylic acid groups (broad SMARTS) is 1. The first-order valence-corrected chi connectivity index (χ1v) is 14.3. The molecular weight excluding hydrogens is 652 g/mol. The standard InChI is InChI=1S/C28H26F3N7O3.C2HF3O2/c1-14-22(38-10-4-5-18(25(38)33-14)41-13-15-16(29)6-7-17(30)20(15)31)24-34-21(26(39)37-11-8-32-9-12-37)19-23(35-24)36-27(40)28(19,2)3;3-2(4,5)1(6)7/h4-7,10,32H,8-9,11-13H2,1-3H3,(H,34,35,36,40);(H,6,7). The first-order valence-electron chi connectivity index (χ1n) is 14.3. The molecule has 3 N–H and O–H groups in total. The molecule has 2 aliphatic rings. The van der Waals surface area contributed by atoms with Gasteiger partial charge in [0.15, 0.2) is 28.9 Å². The molecule has 18 heteroatoms. The Hall–Kier alpha value is -5.26. The molecule has 6 rings (SSSR count). The van der Waals surface area contributed by atoms with Gasteiger partial charge in [0.2, 0.25) is 5.91 Å². The Labute approximate surface area is 267 Å². The molecule has 2 amide bonds. The zero-order valence-electron chi connectivity index (χ0n) is 25.5. The van der Waals surface area contributed by atoms with Gasteiger partial charge in [-0.3, -0.25) is 14.0 Å². The number of benzene rings is 1. The summed E-state index contributed by atoms with van der Waals surface area (Å²) in [4.78, 5) is 51.1. The molecule has 1 aromatic carbocycles. The van der Waals surface area contributed by atoms with E-state index in [4.69, 9.17) is 19.6 Å². The van der Waals surface area contributed by atoms with Crippen LogP contribution in [-0.4, -0.2) is 79.5 Å². The van der Waals surface area contributed by atoms with E-state index in [-0.39, 0.29) is 34.9 Å². The number of amides is 2. The Kier molecular flexibility index (Phi) is 9.05. The minimum atomic E-state index is -5.08. The Morgan fingerprint density at radius 1 is 1.04 bits per heavy atom. The van der Waals surface area contributed by atoms with Gasteiger partial charge in [-0.2, -0.15) is 13.2 Å². The Morgan fingerprint density at radius 2 is 1.69 bits per heavy atom. The molecule has 0 bridgehead atoms. The summed E-state index contributed by atoms with van der Waals surface area (Å²) in [5.41, 5.74) is 0.202. The highest BCUT2D eigenvalue weighted by Crippen LogP contribution is 2.40. The number of ether oxygens (including phenoxy) is 1. The molecule has 0 radical (unpaired) electrons. The fourth-order valence-corrected chi connectivity index (χ4v) is 5.19. The van der Waals surface area contributed by atoms with Gasteiger partial charge >= 0.3 is 12.1 Å². The second kappa shape index (κ2) is 12.7. The number of halogens is 6. The SMILES string of the molecule is Cc1nc2c(OCc3c(F)ccc(F)c3F)cccn2c1-c1nc2c(c(C(=O)N3CCNCC3)n1)C(C)(C)C(=O)N2.O=C(O)C(F)(F)F. The Bertz CT molecular complexity index is 1940. The number of alkyl halides is 3. The summed E-state index contributed by atoms with van der Waals surface area (Å²) < 4.78 is 81.1. The molecule has 0 spiro atoms. The summed E-state index contributed by atoms with van der Waals surface area (Å²) >= 11 is 0. The largest absolute Gasteiger partial charge is 0.490 e. The molecule has 0 unspecified atom stereocenters. The van der Waals surface area contributed by atoms with Crippen LogP contribution in [0.25, 0.3) is 17.2 Å². The molecule has 0 saturated carbocycles. The van der Waals surface area contributed by atoms with Gasteiger partial charge in [-0.25, -0.2) is 32.9 Å². The van der Waals surface area contributed by atoms with Gasteiger partial charge in [-0.1, -0.05) is 0 Å². The van der Waals surface area contributed by atoms with Gasteiger partial charge in [-0.15, -0.1) is 0 Å². The van der Waals surface area contributed by atoms with Crippen LogP contribution in [-0.2, 0) is 21.6 Å². The highest BCUT2D eigenvalue weighted by molar-refractivity contribution is 6.09. The van der Waals surface area contributed by atoms with Gasteiger partial charge in [0.1, 0.15) is 29.6 Å². The number of carbonyl (C=O) groups is 3. The molecule has 254 valence electrons. The lowest BCUT2D eigenvalue weighted by atomic mass is 9.85. The normalized spacial score (nSPS) is 15.4. The predicted molar refractivity (Wildman–Crippen MR) is 156 cm³/mol. The van der Waals surface area contributed by atoms with Crippen molar-refractivity contribution in [2.24, 2.45) is 0 Å². The third kappa shape index (κ3) is 6.34. The van der Waals surface area contributed by atoms with Crippen LogP contribution in [0.3, 0.4) is 0 Å². The maximum absolute atomic E-state index is 14.2. The molecule has 4 aromatic rings. The highest BCUT2D eigenvalue weighted by atomic mass is 19.4. The van der Waals surface area contributed by atoms with Crippen LogP contribution in [0.2, 0.25) is 0 Å². The number of pyridine rings is 1. The van der Waals surface area contributed by atoms with E-state index in [0.717, 1.165) is 6.07 Å². The third-order valence-corrected chi connectivity index (χ3v) is 7.69. The highest BCUT2D eigenvalue weighted by Gasteiger charge is 2.45. The molecule has 0 atom stereocenters. The zero-order chi connectivity index (χ0) is 35.1. The second-order valence-electron chi connectivity index (χ2n) is 11.3. The monoisotopic (exact) mass is 679 g/mol. The number of imidazole rings is 1. The lowest BCUT2D eigenvalue weighted by molar-refractivity contribution is -0.192. The van der Waals surface area contributed by atoms with E-state index >= 15 is 0 Å². The number of aryl methyl sites for hydroxylation is 1. The quantitative estimate of drug-likeness (QED) is 0.210. The van der Waals surface area contributed by atoms with E-state index in [1.807, 2.05) is 0 Å². The second-order valence-corrected chi connectivity index (χ2v) is 11.3. The maximum atomic E-state index is 14.2. The van der Waals surface area contributed by atoms with Gasteiger partial charge in [0, 0.05) is 37.9 Å². The van der Waals surface area contributed by atoms with Gasteiger partial charge in [0.05, 0.1) is 16.7 Å². The first kappa shape index (κ1) is 34.1. The first-order chi connectivity index (χ1) is 22.5. The van der Waals surface area contributed by atoms with Gasteiger partial charge < -0.3 is 25.4 Å². The van der Waals surface area contributed by atoms with Gasteiger partial charge in [-0.05, 0) is 45.0 Å². The van der Waals surface area contributed by atoms with E-state index in [2.05, 4.69) is 20.6 Å². The summed E-state index contributed by atoms with van der Waals surface area (Å²) in [6, 6.07) is 4.74. The van der Waals surface area contributed by atoms with Crippen molar-refractivity contribution in [3.63, 3.8) is 0 Å². The average Bonchev–Trinajstić information content (AvgIpc) is 3.49. The van der Waals surface area contributed by atoms with Crippen molar-refractivity contribution in [2.75, 3.05) is 31.5 Å². The number of anilines is 1. The molecule has 3 aromatic heterocycles. The average molecular weight is 680 g/mol. The number of carbonyl (C=O) groups excluding carboxylic acids is 2. The number of piperazine rings is 1. The summed E-state index contributed by atoms with van der Waals surface area (Å²) in [5.74, 6) is -6.21. The van der Waals surface area contributed by atoms with Crippen molar-refractivity contribution < 1.29 is 50.6 Å². The van der Waals surface area contributed by atoms with Crippen molar-refractivity contribution in [3.05, 3.63) is 70.4 Å². The number of nitrogens with one attached hydrogen (secondary N) is 2. The molecule has 2 aliphatic heterocycles. The summed E-state index contributed by atoms with van der Waals surface area (Å²) in [6.45, 7) is 6.87. The summed E-state index contributed by atoms with van der Waals surface area (Å²) in [5, 5.41) is 13.1. The van der Waals surface area contributed by atoms with Crippen molar-refractivity contribution in [3.8, 4) is 17.3 Å². The number of nitrogens with zero attached hydrogens (tertiary/aromatic N) is 5. The topological polar surface area (TPSA) is 151 Å². The maximum Gasteiger partial charge on any atom is 0.490 e. The number of rotatable bonds is 5. The van der Waals surface area contributed by atoms with Gasteiger partial charge in [0.25, 0.3) is 5.91 Å². The van der Waals surface area contributed by atoms with E-state index < -0.39 is 47.2 Å². The van der Waals surface area contributed by atoms with E-state index in [1.165, 1.54) is 0 Å². The molecule has 1 saturated heterocycles. The van der Waals surface area contributed by atoms with Crippen LogP contribution in [0.15, 0.2) is 30.5 Å². The molecular formula is C30H27F6N7O5. The van der Waals surface area contributed by atoms with Crippen LogP contribution in [0.5, 0.6) is 5.75 Å².